The van der Waals surface area contributed by atoms with Crippen LogP contribution in [0, 0.1) is 5.82 Å². The van der Waals surface area contributed by atoms with Gasteiger partial charge in [0.05, 0.1) is 17.0 Å². The molecule has 0 fully saturated rings. The van der Waals surface area contributed by atoms with Crippen molar-refractivity contribution in [2.75, 3.05) is 11.2 Å². The molecule has 2 rings (SSSR count). The molecule has 0 aromatic heterocycles. The van der Waals surface area contributed by atoms with Crippen molar-refractivity contribution < 1.29 is 14.0 Å². The van der Waals surface area contributed by atoms with Gasteiger partial charge in [0.1, 0.15) is 5.82 Å². The van der Waals surface area contributed by atoms with Gasteiger partial charge in [0, 0.05) is 5.56 Å². The minimum Gasteiger partial charge on any atom is -0.324 e. The molecule has 1 heterocycles. The molecule has 0 radical (unpaired) electrons. The summed E-state index contributed by atoms with van der Waals surface area (Å²) in [6.45, 7) is 3.37. The Labute approximate surface area is 103 Å². The van der Waals surface area contributed by atoms with Crippen LogP contribution >= 0.6 is 11.6 Å². The number of Topliss-reactive ketones (excluding diaryl/α,β-unsaturated/α-hetero) is 1. The molecule has 1 N–H and O–H groups in total. The minimum atomic E-state index is -0.835. The minimum absolute atomic E-state index is 0.133. The van der Waals surface area contributed by atoms with Gasteiger partial charge in [-0.1, -0.05) is 0 Å². The highest BCUT2D eigenvalue weighted by molar-refractivity contribution is 6.31. The van der Waals surface area contributed by atoms with Crippen LogP contribution in [-0.4, -0.2) is 17.6 Å². The molecule has 0 saturated heterocycles. The smallest absolute Gasteiger partial charge is 0.234 e. The number of nitrogens with one attached hydrogen (secondary N) is 1. The number of alkyl halides is 1. The molecule has 0 bridgehead atoms. The molecule has 1 aromatic carbocycles. The van der Waals surface area contributed by atoms with Crippen molar-refractivity contribution in [3.8, 4) is 0 Å². The van der Waals surface area contributed by atoms with E-state index >= 15 is 0 Å². The first-order valence-electron chi connectivity index (χ1n) is 5.12. The zero-order chi connectivity index (χ0) is 12.8. The zero-order valence-corrected chi connectivity index (χ0v) is 10.2. The van der Waals surface area contributed by atoms with Gasteiger partial charge in [-0.3, -0.25) is 9.59 Å². The van der Waals surface area contributed by atoms with Crippen LogP contribution in [0.1, 0.15) is 29.8 Å². The Bertz CT molecular complexity index is 525. The molecule has 3 nitrogen and oxygen atoms in total. The molecule has 90 valence electrons. The number of amides is 1. The lowest BCUT2D eigenvalue weighted by atomic mass is 9.85. The summed E-state index contributed by atoms with van der Waals surface area (Å²) >= 11 is 5.46. The number of rotatable bonds is 2. The SMILES string of the molecule is CC1(C)C(=O)Nc2c(C(=O)CCl)cc(F)cc21. The fourth-order valence-corrected chi connectivity index (χ4v) is 2.06. The summed E-state index contributed by atoms with van der Waals surface area (Å²) in [6.07, 6.45) is 0. The van der Waals surface area contributed by atoms with E-state index in [4.69, 9.17) is 11.6 Å². The maximum atomic E-state index is 13.5. The number of carbonyl (C=O) groups is 2. The number of halogens is 2. The maximum Gasteiger partial charge on any atom is 0.234 e. The van der Waals surface area contributed by atoms with E-state index < -0.39 is 17.0 Å². The third-order valence-corrected chi connectivity index (χ3v) is 3.25. The molecule has 17 heavy (non-hydrogen) atoms. The van der Waals surface area contributed by atoms with Crippen LogP contribution in [0.5, 0.6) is 0 Å². The van der Waals surface area contributed by atoms with Gasteiger partial charge in [-0.25, -0.2) is 4.39 Å². The van der Waals surface area contributed by atoms with E-state index in [1.165, 1.54) is 6.07 Å². The summed E-state index contributed by atoms with van der Waals surface area (Å²) in [5.41, 5.74) is 0.177. The number of benzene rings is 1. The highest BCUT2D eigenvalue weighted by Crippen LogP contribution is 2.40. The van der Waals surface area contributed by atoms with E-state index in [1.807, 2.05) is 0 Å². The second kappa shape index (κ2) is 3.81. The van der Waals surface area contributed by atoms with Gasteiger partial charge in [0.2, 0.25) is 5.91 Å². The normalized spacial score (nSPS) is 16.6. The van der Waals surface area contributed by atoms with Crippen molar-refractivity contribution >= 4 is 29.0 Å². The number of ketones is 1. The highest BCUT2D eigenvalue weighted by atomic mass is 35.5. The predicted molar refractivity (Wildman–Crippen MR) is 63.1 cm³/mol. The van der Waals surface area contributed by atoms with Crippen molar-refractivity contribution in [2.24, 2.45) is 0 Å². The molecule has 5 heteroatoms. The molecule has 1 aliphatic heterocycles. The largest absolute Gasteiger partial charge is 0.324 e. The lowest BCUT2D eigenvalue weighted by Crippen LogP contribution is -2.26. The van der Waals surface area contributed by atoms with Crippen LogP contribution in [0.15, 0.2) is 12.1 Å². The molecular weight excluding hydrogens is 245 g/mol. The van der Waals surface area contributed by atoms with E-state index in [-0.39, 0.29) is 17.4 Å². The summed E-state index contributed by atoms with van der Waals surface area (Å²) in [7, 11) is 0. The van der Waals surface area contributed by atoms with Gasteiger partial charge in [0.15, 0.2) is 5.78 Å². The summed E-state index contributed by atoms with van der Waals surface area (Å²) in [6, 6.07) is 2.38. The average Bonchev–Trinajstić information content (AvgIpc) is 2.50. The Morgan fingerprint density at radius 1 is 1.47 bits per heavy atom. The Hall–Kier alpha value is -1.42. The molecule has 0 unspecified atom stereocenters. The number of carbonyl (C=O) groups excluding carboxylic acids is 2. The molecular formula is C12H11ClFNO2. The van der Waals surface area contributed by atoms with E-state index in [9.17, 15) is 14.0 Å². The lowest BCUT2D eigenvalue weighted by Gasteiger charge is -2.15. The predicted octanol–water partition coefficient (Wildman–Crippen LogP) is 2.48. The second-order valence-electron chi connectivity index (χ2n) is 4.51. The van der Waals surface area contributed by atoms with Gasteiger partial charge in [0.25, 0.3) is 0 Å². The van der Waals surface area contributed by atoms with Crippen LogP contribution in [0.2, 0.25) is 0 Å². The molecule has 1 amide bonds. The summed E-state index contributed by atoms with van der Waals surface area (Å²) in [5, 5.41) is 2.61. The molecule has 0 saturated carbocycles. The summed E-state index contributed by atoms with van der Waals surface area (Å²) in [5.74, 6) is -1.43. The fourth-order valence-electron chi connectivity index (χ4n) is 1.92. The summed E-state index contributed by atoms with van der Waals surface area (Å²) in [4.78, 5) is 23.3. The lowest BCUT2D eigenvalue weighted by molar-refractivity contribution is -0.119. The first kappa shape index (κ1) is 12.0. The average molecular weight is 256 g/mol. The highest BCUT2D eigenvalue weighted by Gasteiger charge is 2.40. The first-order valence-corrected chi connectivity index (χ1v) is 5.66. The Balaban J connectivity index is 2.69. The van der Waals surface area contributed by atoms with E-state index in [2.05, 4.69) is 5.32 Å². The maximum absolute atomic E-state index is 13.5. The van der Waals surface area contributed by atoms with Gasteiger partial charge in [-0.15, -0.1) is 11.6 Å². The van der Waals surface area contributed by atoms with Crippen molar-refractivity contribution in [1.29, 1.82) is 0 Å². The van der Waals surface area contributed by atoms with E-state index in [0.717, 1.165) is 6.07 Å². The quantitative estimate of drug-likeness (QED) is 0.652. The van der Waals surface area contributed by atoms with Crippen LogP contribution in [0.25, 0.3) is 0 Å². The molecule has 0 atom stereocenters. The third-order valence-electron chi connectivity index (χ3n) is 3.00. The van der Waals surface area contributed by atoms with Gasteiger partial charge in [-0.2, -0.15) is 0 Å². The molecule has 1 aromatic rings. The fraction of sp³-hybridized carbons (Fsp3) is 0.333. The van der Waals surface area contributed by atoms with E-state index in [0.29, 0.717) is 11.3 Å². The number of hydrogen-bond acceptors (Lipinski definition) is 2. The number of fused-ring (bicyclic) bond motifs is 1. The van der Waals surface area contributed by atoms with Crippen molar-refractivity contribution in [3.63, 3.8) is 0 Å². The van der Waals surface area contributed by atoms with Crippen molar-refractivity contribution in [3.05, 3.63) is 29.1 Å². The number of anilines is 1. The Morgan fingerprint density at radius 2 is 2.12 bits per heavy atom. The van der Waals surface area contributed by atoms with Gasteiger partial charge >= 0.3 is 0 Å². The van der Waals surface area contributed by atoms with Gasteiger partial charge in [-0.05, 0) is 31.5 Å². The molecule has 1 aliphatic rings. The van der Waals surface area contributed by atoms with E-state index in [1.54, 1.807) is 13.8 Å². The van der Waals surface area contributed by atoms with Crippen molar-refractivity contribution in [2.45, 2.75) is 19.3 Å². The topological polar surface area (TPSA) is 46.2 Å². The summed E-state index contributed by atoms with van der Waals surface area (Å²) < 4.78 is 13.5. The third kappa shape index (κ3) is 1.72. The van der Waals surface area contributed by atoms with Crippen molar-refractivity contribution in [1.82, 2.24) is 0 Å². The van der Waals surface area contributed by atoms with Gasteiger partial charge < -0.3 is 5.32 Å². The first-order chi connectivity index (χ1) is 7.87. The van der Waals surface area contributed by atoms with Crippen LogP contribution in [0.4, 0.5) is 10.1 Å². The van der Waals surface area contributed by atoms with Crippen LogP contribution in [-0.2, 0) is 10.2 Å². The Kier molecular flexibility index (Phi) is 2.70. The van der Waals surface area contributed by atoms with Crippen LogP contribution < -0.4 is 5.32 Å². The van der Waals surface area contributed by atoms with Crippen LogP contribution in [0.3, 0.4) is 0 Å². The number of hydrogen-bond donors (Lipinski definition) is 1. The zero-order valence-electron chi connectivity index (χ0n) is 9.43. The Morgan fingerprint density at radius 3 is 2.71 bits per heavy atom. The molecule has 0 spiro atoms. The second-order valence-corrected chi connectivity index (χ2v) is 4.78. The molecule has 0 aliphatic carbocycles. The standard InChI is InChI=1S/C12H11ClFNO2/c1-12(2)8-4-6(14)3-7(9(16)5-13)10(8)15-11(12)17/h3-4H,5H2,1-2H3,(H,15,17). The monoisotopic (exact) mass is 255 g/mol.